The summed E-state index contributed by atoms with van der Waals surface area (Å²) in [6.07, 6.45) is -0.0496. The molecule has 5 rings (SSSR count). The first kappa shape index (κ1) is 24.6. The second kappa shape index (κ2) is 10.5. The van der Waals surface area contributed by atoms with Gasteiger partial charge in [-0.3, -0.25) is 0 Å². The molecule has 1 heterocycles. The van der Waals surface area contributed by atoms with Crippen LogP contribution < -0.4 is 9.47 Å². The average molecular weight is 494 g/mol. The van der Waals surface area contributed by atoms with Crippen LogP contribution in [-0.2, 0) is 11.8 Å². The maximum atomic E-state index is 12.2. The van der Waals surface area contributed by atoms with Gasteiger partial charge < -0.3 is 24.7 Å². The summed E-state index contributed by atoms with van der Waals surface area (Å²) in [7, 11) is 3.26. The number of para-hydroxylation sites is 1. The van der Waals surface area contributed by atoms with Gasteiger partial charge in [-0.05, 0) is 52.6 Å². The predicted octanol–water partition coefficient (Wildman–Crippen LogP) is 5.48. The first-order chi connectivity index (χ1) is 18.1. The zero-order valence-corrected chi connectivity index (χ0v) is 21.0. The van der Waals surface area contributed by atoms with Crippen molar-refractivity contribution in [3.63, 3.8) is 0 Å². The molecule has 2 unspecified atom stereocenters. The van der Waals surface area contributed by atoms with E-state index < -0.39 is 17.6 Å². The summed E-state index contributed by atoms with van der Waals surface area (Å²) < 4.78 is 10.8. The van der Waals surface area contributed by atoms with Gasteiger partial charge in [0.25, 0.3) is 0 Å². The lowest BCUT2D eigenvalue weighted by atomic mass is 9.64. The molecule has 5 aromatic rings. The van der Waals surface area contributed by atoms with Gasteiger partial charge in [-0.15, -0.1) is 0 Å². The third-order valence-electron chi connectivity index (χ3n) is 7.23. The number of fused-ring (bicyclic) bond motifs is 1. The van der Waals surface area contributed by atoms with Gasteiger partial charge in [-0.25, -0.2) is 0 Å². The van der Waals surface area contributed by atoms with Crippen LogP contribution in [0.25, 0.3) is 10.9 Å². The average Bonchev–Trinajstić information content (AvgIpc) is 3.37. The normalized spacial score (nSPS) is 13.3. The van der Waals surface area contributed by atoms with Crippen molar-refractivity contribution in [2.75, 3.05) is 14.2 Å². The third kappa shape index (κ3) is 4.48. The van der Waals surface area contributed by atoms with Crippen LogP contribution in [0.4, 0.5) is 0 Å². The standard InChI is InChI=1S/C32H31NO4/c1-36-26-16-12-24(13-17-26)32(23-8-4-3-5-9-23,25-14-18-27(37-2)19-15-25)31(35)30(34)20-22-21-33-29-11-7-6-10-28(22)29/h3-19,21,30-31,33-35H,20H2,1-2H3. The molecule has 0 fully saturated rings. The van der Waals surface area contributed by atoms with Crippen molar-refractivity contribution in [3.8, 4) is 11.5 Å². The second-order valence-corrected chi connectivity index (χ2v) is 9.21. The Hall–Kier alpha value is -4.06. The molecular formula is C32H31NO4. The van der Waals surface area contributed by atoms with Crippen LogP contribution in [-0.4, -0.2) is 41.6 Å². The molecule has 5 heteroatoms. The van der Waals surface area contributed by atoms with E-state index in [0.717, 1.165) is 33.2 Å². The smallest absolute Gasteiger partial charge is 0.118 e. The first-order valence-electron chi connectivity index (χ1n) is 12.3. The van der Waals surface area contributed by atoms with Crippen LogP contribution in [0.3, 0.4) is 0 Å². The number of aromatic nitrogens is 1. The highest BCUT2D eigenvalue weighted by molar-refractivity contribution is 5.83. The maximum absolute atomic E-state index is 12.2. The molecule has 0 aliphatic rings. The molecule has 0 saturated carbocycles. The van der Waals surface area contributed by atoms with E-state index in [-0.39, 0.29) is 6.42 Å². The first-order valence-corrected chi connectivity index (χ1v) is 12.3. The van der Waals surface area contributed by atoms with Crippen molar-refractivity contribution < 1.29 is 19.7 Å². The second-order valence-electron chi connectivity index (χ2n) is 9.21. The number of aliphatic hydroxyl groups is 2. The minimum absolute atomic E-state index is 0.284. The minimum atomic E-state index is -1.18. The molecule has 0 saturated heterocycles. The molecule has 0 bridgehead atoms. The van der Waals surface area contributed by atoms with Crippen molar-refractivity contribution in [1.29, 1.82) is 0 Å². The molecule has 37 heavy (non-hydrogen) atoms. The summed E-state index contributed by atoms with van der Waals surface area (Å²) in [6.45, 7) is 0. The van der Waals surface area contributed by atoms with Gasteiger partial charge in [0.2, 0.25) is 0 Å². The largest absolute Gasteiger partial charge is 0.497 e. The van der Waals surface area contributed by atoms with Crippen LogP contribution in [0, 0.1) is 0 Å². The Labute approximate surface area is 216 Å². The SMILES string of the molecule is COc1ccc(C(c2ccccc2)(c2ccc(OC)cc2)C(O)C(O)Cc2c[nH]c3ccccc23)cc1. The van der Waals surface area contributed by atoms with Gasteiger partial charge in [0.15, 0.2) is 0 Å². The molecule has 4 aromatic carbocycles. The van der Waals surface area contributed by atoms with Crippen LogP contribution in [0.2, 0.25) is 0 Å². The summed E-state index contributed by atoms with van der Waals surface area (Å²) in [5, 5.41) is 24.9. The van der Waals surface area contributed by atoms with Crippen LogP contribution >= 0.6 is 0 Å². The van der Waals surface area contributed by atoms with Crippen molar-refractivity contribution in [1.82, 2.24) is 4.98 Å². The molecule has 0 radical (unpaired) electrons. The summed E-state index contributed by atoms with van der Waals surface area (Å²) in [5.41, 5.74) is 3.44. The van der Waals surface area contributed by atoms with Crippen LogP contribution in [0.5, 0.6) is 11.5 Å². The van der Waals surface area contributed by atoms with Crippen molar-refractivity contribution in [2.45, 2.75) is 24.0 Å². The number of hydrogen-bond acceptors (Lipinski definition) is 4. The van der Waals surface area contributed by atoms with Crippen LogP contribution in [0.1, 0.15) is 22.3 Å². The molecule has 0 aliphatic carbocycles. The Morgan fingerprint density at radius 2 is 1.19 bits per heavy atom. The molecule has 0 spiro atoms. The van der Waals surface area contributed by atoms with Crippen molar-refractivity contribution >= 4 is 10.9 Å². The number of H-pyrrole nitrogens is 1. The predicted molar refractivity (Wildman–Crippen MR) is 146 cm³/mol. The Kier molecular flexibility index (Phi) is 6.99. The number of methoxy groups -OCH3 is 2. The lowest BCUT2D eigenvalue weighted by Crippen LogP contribution is -2.49. The Morgan fingerprint density at radius 3 is 1.76 bits per heavy atom. The number of rotatable bonds is 9. The van der Waals surface area contributed by atoms with Crippen molar-refractivity contribution in [3.05, 3.63) is 132 Å². The van der Waals surface area contributed by atoms with E-state index in [1.165, 1.54) is 0 Å². The van der Waals surface area contributed by atoms with E-state index in [2.05, 4.69) is 4.98 Å². The number of ether oxygens (including phenoxy) is 2. The van der Waals surface area contributed by atoms with Gasteiger partial charge in [0, 0.05) is 23.5 Å². The zero-order chi connectivity index (χ0) is 25.8. The molecule has 0 amide bonds. The summed E-state index contributed by atoms with van der Waals surface area (Å²) >= 11 is 0. The summed E-state index contributed by atoms with van der Waals surface area (Å²) in [5.74, 6) is 1.43. The minimum Gasteiger partial charge on any atom is -0.497 e. The molecule has 5 nitrogen and oxygen atoms in total. The number of nitrogens with one attached hydrogen (secondary N) is 1. The molecule has 1 aromatic heterocycles. The third-order valence-corrected chi connectivity index (χ3v) is 7.23. The molecule has 2 atom stereocenters. The Balaban J connectivity index is 1.68. The van der Waals surface area contributed by atoms with Gasteiger partial charge in [-0.1, -0.05) is 72.8 Å². The zero-order valence-electron chi connectivity index (χ0n) is 21.0. The van der Waals surface area contributed by atoms with E-state index in [1.807, 2.05) is 109 Å². The van der Waals surface area contributed by atoms with E-state index in [1.54, 1.807) is 14.2 Å². The van der Waals surface area contributed by atoms with E-state index in [0.29, 0.717) is 11.5 Å². The molecule has 0 aliphatic heterocycles. The van der Waals surface area contributed by atoms with E-state index in [9.17, 15) is 10.2 Å². The highest BCUT2D eigenvalue weighted by Gasteiger charge is 2.46. The highest BCUT2D eigenvalue weighted by atomic mass is 16.5. The number of aromatic amines is 1. The fourth-order valence-electron chi connectivity index (χ4n) is 5.35. The van der Waals surface area contributed by atoms with Gasteiger partial charge in [0.05, 0.1) is 31.8 Å². The van der Waals surface area contributed by atoms with E-state index >= 15 is 0 Å². The van der Waals surface area contributed by atoms with Crippen molar-refractivity contribution in [2.24, 2.45) is 0 Å². The monoisotopic (exact) mass is 493 g/mol. The van der Waals surface area contributed by atoms with Gasteiger partial charge >= 0.3 is 0 Å². The summed E-state index contributed by atoms with van der Waals surface area (Å²) in [6, 6.07) is 33.2. The quantitative estimate of drug-likeness (QED) is 0.238. The van der Waals surface area contributed by atoms with Gasteiger partial charge in [-0.2, -0.15) is 0 Å². The number of hydrogen-bond donors (Lipinski definition) is 3. The summed E-state index contributed by atoms with van der Waals surface area (Å²) in [4.78, 5) is 3.27. The topological polar surface area (TPSA) is 74.7 Å². The Morgan fingerprint density at radius 1 is 0.676 bits per heavy atom. The number of benzene rings is 4. The Bertz CT molecular complexity index is 1390. The highest BCUT2D eigenvalue weighted by Crippen LogP contribution is 2.44. The lowest BCUT2D eigenvalue weighted by molar-refractivity contribution is -0.00934. The lowest BCUT2D eigenvalue weighted by Gasteiger charge is -2.42. The van der Waals surface area contributed by atoms with Gasteiger partial charge in [0.1, 0.15) is 11.5 Å². The number of aliphatic hydroxyl groups excluding tert-OH is 2. The molecule has 188 valence electrons. The molecule has 3 N–H and O–H groups in total. The fourth-order valence-corrected chi connectivity index (χ4v) is 5.35. The van der Waals surface area contributed by atoms with E-state index in [4.69, 9.17) is 9.47 Å². The molecular weight excluding hydrogens is 462 g/mol. The van der Waals surface area contributed by atoms with Crippen LogP contribution in [0.15, 0.2) is 109 Å². The fraction of sp³-hybridized carbons (Fsp3) is 0.188. The maximum Gasteiger partial charge on any atom is 0.118 e.